The smallest absolute Gasteiger partial charge is 0.337 e. The van der Waals surface area contributed by atoms with Crippen molar-refractivity contribution in [3.8, 4) is 5.75 Å². The molecule has 9 heteroatoms. The molecule has 1 N–H and O–H groups in total. The lowest BCUT2D eigenvalue weighted by atomic mass is 10.0. The fraction of sp³-hybridized carbons (Fsp3) is 0.0667. The number of ether oxygens (including phenoxy) is 2. The number of hydrogen-bond donors (Lipinski definition) is 1. The summed E-state index contributed by atoms with van der Waals surface area (Å²) in [5, 5.41) is 4.35. The first kappa shape index (κ1) is 25.9. The van der Waals surface area contributed by atoms with Crippen LogP contribution in [-0.4, -0.2) is 30.9 Å². The largest absolute Gasteiger partial charge is 0.488 e. The average molecular weight is 585 g/mol. The molecule has 0 spiro atoms. The van der Waals surface area contributed by atoms with Crippen LogP contribution < -0.4 is 15.0 Å². The van der Waals surface area contributed by atoms with Gasteiger partial charge in [-0.1, -0.05) is 58.4 Å². The first-order valence-electron chi connectivity index (χ1n) is 11.8. The second-order valence-electron chi connectivity index (χ2n) is 8.61. The number of barbiturate groups is 1. The molecule has 0 unspecified atom stereocenters. The zero-order chi connectivity index (χ0) is 27.5. The molecule has 4 aromatic rings. The summed E-state index contributed by atoms with van der Waals surface area (Å²) in [4.78, 5) is 51.3. The van der Waals surface area contributed by atoms with Crippen LogP contribution >= 0.6 is 15.9 Å². The third-order valence-corrected chi connectivity index (χ3v) is 6.68. The van der Waals surface area contributed by atoms with Gasteiger partial charge in [0.2, 0.25) is 0 Å². The molecule has 4 aromatic carbocycles. The van der Waals surface area contributed by atoms with Crippen LogP contribution in [0.3, 0.4) is 0 Å². The van der Waals surface area contributed by atoms with Gasteiger partial charge in [0.1, 0.15) is 17.9 Å². The average Bonchev–Trinajstić information content (AvgIpc) is 2.94. The van der Waals surface area contributed by atoms with Crippen LogP contribution in [0.25, 0.3) is 16.8 Å². The minimum atomic E-state index is -0.894. The number of imide groups is 2. The van der Waals surface area contributed by atoms with E-state index in [2.05, 4.69) is 26.0 Å². The van der Waals surface area contributed by atoms with Crippen molar-refractivity contribution in [2.24, 2.45) is 0 Å². The monoisotopic (exact) mass is 584 g/mol. The number of methoxy groups -OCH3 is 1. The Morgan fingerprint density at radius 2 is 1.69 bits per heavy atom. The Labute approximate surface area is 232 Å². The highest BCUT2D eigenvalue weighted by molar-refractivity contribution is 9.10. The van der Waals surface area contributed by atoms with Gasteiger partial charge in [0.15, 0.2) is 0 Å². The quantitative estimate of drug-likeness (QED) is 0.179. The van der Waals surface area contributed by atoms with Gasteiger partial charge in [-0.05, 0) is 64.9 Å². The molecule has 1 heterocycles. The summed E-state index contributed by atoms with van der Waals surface area (Å²) in [5.41, 5.74) is 1.64. The highest BCUT2D eigenvalue weighted by Crippen LogP contribution is 2.29. The summed E-state index contributed by atoms with van der Waals surface area (Å²) in [6, 6.07) is 24.0. The van der Waals surface area contributed by atoms with Crippen LogP contribution in [0, 0.1) is 0 Å². The molecule has 0 aliphatic carbocycles. The van der Waals surface area contributed by atoms with E-state index in [4.69, 9.17) is 4.74 Å². The number of rotatable bonds is 6. The first-order valence-corrected chi connectivity index (χ1v) is 12.6. The third-order valence-electron chi connectivity index (χ3n) is 6.18. The highest BCUT2D eigenvalue weighted by atomic mass is 79.9. The van der Waals surface area contributed by atoms with Gasteiger partial charge in [-0.3, -0.25) is 14.9 Å². The summed E-state index contributed by atoms with van der Waals surface area (Å²) in [5.74, 6) is -1.75. The Morgan fingerprint density at radius 1 is 0.949 bits per heavy atom. The lowest BCUT2D eigenvalue weighted by molar-refractivity contribution is -0.122. The topological polar surface area (TPSA) is 102 Å². The van der Waals surface area contributed by atoms with E-state index in [0.29, 0.717) is 15.8 Å². The number of benzene rings is 4. The molecule has 0 aromatic heterocycles. The van der Waals surface area contributed by atoms with Gasteiger partial charge in [0.05, 0.1) is 18.4 Å². The number of fused-ring (bicyclic) bond motifs is 1. The van der Waals surface area contributed by atoms with E-state index in [-0.39, 0.29) is 23.4 Å². The van der Waals surface area contributed by atoms with Gasteiger partial charge >= 0.3 is 12.0 Å². The number of anilines is 1. The minimum Gasteiger partial charge on any atom is -0.488 e. The van der Waals surface area contributed by atoms with Crippen molar-refractivity contribution < 1.29 is 28.7 Å². The molecule has 4 amide bonds. The van der Waals surface area contributed by atoms with Crippen LogP contribution in [0.4, 0.5) is 10.5 Å². The fourth-order valence-corrected chi connectivity index (χ4v) is 4.63. The highest BCUT2D eigenvalue weighted by Gasteiger charge is 2.37. The molecule has 0 atom stereocenters. The van der Waals surface area contributed by atoms with E-state index in [1.807, 2.05) is 42.5 Å². The zero-order valence-electron chi connectivity index (χ0n) is 20.6. The molecule has 1 aliphatic heterocycles. The molecular weight excluding hydrogens is 564 g/mol. The Hall–Kier alpha value is -4.76. The number of urea groups is 1. The lowest BCUT2D eigenvalue weighted by Crippen LogP contribution is -2.54. The number of carbonyl (C=O) groups is 4. The van der Waals surface area contributed by atoms with E-state index in [1.165, 1.54) is 37.5 Å². The van der Waals surface area contributed by atoms with Gasteiger partial charge in [0.25, 0.3) is 11.8 Å². The lowest BCUT2D eigenvalue weighted by Gasteiger charge is -2.26. The Kier molecular flexibility index (Phi) is 7.25. The summed E-state index contributed by atoms with van der Waals surface area (Å²) in [6.45, 7) is 0.260. The number of esters is 1. The number of carbonyl (C=O) groups excluding carboxylic acids is 4. The summed E-state index contributed by atoms with van der Waals surface area (Å²) in [7, 11) is 1.25. The second kappa shape index (κ2) is 10.9. The van der Waals surface area contributed by atoms with E-state index in [1.54, 1.807) is 18.2 Å². The van der Waals surface area contributed by atoms with Gasteiger partial charge in [-0.15, -0.1) is 0 Å². The van der Waals surface area contributed by atoms with Crippen LogP contribution in [0.5, 0.6) is 5.75 Å². The molecule has 39 heavy (non-hydrogen) atoms. The van der Waals surface area contributed by atoms with Gasteiger partial charge in [0, 0.05) is 10.0 Å². The van der Waals surface area contributed by atoms with Crippen LogP contribution in [0.15, 0.2) is 95.0 Å². The normalized spacial score (nSPS) is 14.5. The maximum Gasteiger partial charge on any atom is 0.337 e. The molecule has 194 valence electrons. The fourth-order valence-electron chi connectivity index (χ4n) is 4.25. The maximum atomic E-state index is 13.4. The molecule has 1 saturated heterocycles. The van der Waals surface area contributed by atoms with Crippen molar-refractivity contribution >= 4 is 62.3 Å². The van der Waals surface area contributed by atoms with E-state index in [0.717, 1.165) is 21.2 Å². The van der Waals surface area contributed by atoms with Crippen molar-refractivity contribution in [3.63, 3.8) is 0 Å². The number of amides is 4. The predicted octanol–water partition coefficient (Wildman–Crippen LogP) is 5.63. The zero-order valence-corrected chi connectivity index (χ0v) is 22.2. The minimum absolute atomic E-state index is 0.185. The Bertz CT molecular complexity index is 1660. The second-order valence-corrected chi connectivity index (χ2v) is 9.52. The molecule has 0 saturated carbocycles. The van der Waals surface area contributed by atoms with Gasteiger partial charge in [-0.25, -0.2) is 14.5 Å². The molecule has 0 bridgehead atoms. The number of nitrogens with zero attached hydrogens (tertiary/aromatic N) is 1. The van der Waals surface area contributed by atoms with Crippen LogP contribution in [-0.2, 0) is 20.9 Å². The maximum absolute atomic E-state index is 13.4. The molecular formula is C30H21BrN2O6. The molecule has 5 rings (SSSR count). The van der Waals surface area contributed by atoms with Crippen molar-refractivity contribution in [1.82, 2.24) is 5.32 Å². The van der Waals surface area contributed by atoms with Crippen molar-refractivity contribution in [2.75, 3.05) is 12.0 Å². The molecule has 8 nitrogen and oxygen atoms in total. The summed E-state index contributed by atoms with van der Waals surface area (Å²) < 4.78 is 11.5. The van der Waals surface area contributed by atoms with E-state index >= 15 is 0 Å². The predicted molar refractivity (Wildman–Crippen MR) is 149 cm³/mol. The third kappa shape index (κ3) is 5.30. The van der Waals surface area contributed by atoms with Crippen molar-refractivity contribution in [1.29, 1.82) is 0 Å². The van der Waals surface area contributed by atoms with Crippen LogP contribution in [0.2, 0.25) is 0 Å². The van der Waals surface area contributed by atoms with E-state index in [9.17, 15) is 19.2 Å². The van der Waals surface area contributed by atoms with E-state index < -0.39 is 23.8 Å². The van der Waals surface area contributed by atoms with Crippen molar-refractivity contribution in [2.45, 2.75) is 6.61 Å². The summed E-state index contributed by atoms with van der Waals surface area (Å²) in [6.07, 6.45) is 1.39. The van der Waals surface area contributed by atoms with Gasteiger partial charge < -0.3 is 9.47 Å². The van der Waals surface area contributed by atoms with Crippen molar-refractivity contribution in [3.05, 3.63) is 112 Å². The summed E-state index contributed by atoms with van der Waals surface area (Å²) >= 11 is 3.43. The number of nitrogens with one attached hydrogen (secondary N) is 1. The number of hydrogen-bond acceptors (Lipinski definition) is 6. The number of halogens is 1. The SMILES string of the molecule is COC(=O)c1ccc(N2C(=O)NC(=O)/C(=C\c3cc(Br)ccc3OCc3cccc4ccccc34)C2=O)cc1. The van der Waals surface area contributed by atoms with Gasteiger partial charge in [-0.2, -0.15) is 0 Å². The first-order chi connectivity index (χ1) is 18.9. The Balaban J connectivity index is 1.46. The molecule has 1 aliphatic rings. The van der Waals surface area contributed by atoms with Crippen LogP contribution in [0.1, 0.15) is 21.5 Å². The molecule has 0 radical (unpaired) electrons. The standard InChI is InChI=1S/C30H21BrN2O6/c1-38-29(36)19-9-12-23(13-10-19)33-28(35)25(27(34)32-30(33)37)16-21-15-22(31)11-14-26(21)39-17-20-7-4-6-18-5-2-3-8-24(18)20/h2-16H,17H2,1H3,(H,32,34,37)/b25-16+. The molecule has 1 fully saturated rings. The Morgan fingerprint density at radius 3 is 2.46 bits per heavy atom.